The lowest BCUT2D eigenvalue weighted by Crippen LogP contribution is -2.10. The average molecular weight is 811 g/mol. The van der Waals surface area contributed by atoms with E-state index in [1.807, 2.05) is 0 Å². The van der Waals surface area contributed by atoms with Gasteiger partial charge < -0.3 is 4.74 Å². The third-order valence-corrected chi connectivity index (χ3v) is 12.5. The van der Waals surface area contributed by atoms with Gasteiger partial charge in [0.1, 0.15) is 11.5 Å². The zero-order chi connectivity index (χ0) is 42.2. The Bertz CT molecular complexity index is 2870. The molecule has 0 N–H and O–H groups in total. The lowest BCUT2D eigenvalue weighted by atomic mass is 9.83. The van der Waals surface area contributed by atoms with Crippen LogP contribution < -0.4 is 4.74 Å². The summed E-state index contributed by atoms with van der Waals surface area (Å²) >= 11 is 0. The molecule has 0 atom stereocenters. The van der Waals surface area contributed by atoms with Crippen LogP contribution in [0.3, 0.4) is 0 Å². The van der Waals surface area contributed by atoms with Gasteiger partial charge in [-0.15, -0.1) is 0 Å². The number of benzene rings is 10. The molecule has 0 spiro atoms. The third-order valence-electron chi connectivity index (χ3n) is 12.5. The van der Waals surface area contributed by atoms with Crippen molar-refractivity contribution in [3.8, 4) is 11.5 Å². The van der Waals surface area contributed by atoms with Gasteiger partial charge in [-0.1, -0.05) is 231 Å². The van der Waals surface area contributed by atoms with Crippen LogP contribution >= 0.6 is 0 Å². The van der Waals surface area contributed by atoms with Gasteiger partial charge in [0.05, 0.1) is 0 Å². The van der Waals surface area contributed by atoms with Crippen LogP contribution in [0, 0.1) is 0 Å². The first-order chi connectivity index (χ1) is 31.2. The van der Waals surface area contributed by atoms with Crippen LogP contribution in [0.4, 0.5) is 0 Å². The molecule has 10 aromatic carbocycles. The summed E-state index contributed by atoms with van der Waals surface area (Å²) in [6, 6.07) is 83.6. The molecule has 0 aliphatic heterocycles. The average Bonchev–Trinajstić information content (AvgIpc) is 3.35. The molecule has 0 saturated heterocycles. The highest BCUT2D eigenvalue weighted by molar-refractivity contribution is 5.98. The van der Waals surface area contributed by atoms with E-state index >= 15 is 0 Å². The van der Waals surface area contributed by atoms with Crippen LogP contribution in [0.25, 0.3) is 21.5 Å². The van der Waals surface area contributed by atoms with Gasteiger partial charge in [-0.3, -0.25) is 0 Å². The van der Waals surface area contributed by atoms with Gasteiger partial charge in [0.15, 0.2) is 0 Å². The Morgan fingerprint density at radius 2 is 0.397 bits per heavy atom. The molecule has 10 rings (SSSR count). The van der Waals surface area contributed by atoms with Gasteiger partial charge in [0.25, 0.3) is 0 Å². The fourth-order valence-corrected chi connectivity index (χ4v) is 9.52. The maximum Gasteiger partial charge on any atom is 0.139 e. The fourth-order valence-electron chi connectivity index (χ4n) is 9.52. The molecule has 1 nitrogen and oxygen atoms in total. The molecule has 0 amide bonds. The number of hydrogen-bond donors (Lipinski definition) is 0. The topological polar surface area (TPSA) is 9.23 Å². The van der Waals surface area contributed by atoms with E-state index in [1.54, 1.807) is 0 Å². The van der Waals surface area contributed by atoms with E-state index in [0.29, 0.717) is 0 Å². The Hall–Kier alpha value is -7.48. The van der Waals surface area contributed by atoms with Crippen molar-refractivity contribution in [3.05, 3.63) is 297 Å². The van der Waals surface area contributed by atoms with Crippen LogP contribution in [0.2, 0.25) is 0 Å². The molecule has 0 aliphatic rings. The molecule has 0 bridgehead atoms. The molecule has 0 heterocycles. The molecule has 0 saturated carbocycles. The third kappa shape index (κ3) is 8.83. The SMILES string of the molecule is c1ccc(Cc2c(Cc3ccccc3)c(Oc3c(Cc4ccccc4)c(Cc4ccccc4)c(Cc4ccccc4)c4ccccc34)c3ccccc3c2Cc2ccccc2)cc1. The van der Waals surface area contributed by atoms with E-state index in [1.165, 1.54) is 77.5 Å². The van der Waals surface area contributed by atoms with Gasteiger partial charge in [0, 0.05) is 34.7 Å². The van der Waals surface area contributed by atoms with Crippen molar-refractivity contribution in [3.63, 3.8) is 0 Å². The van der Waals surface area contributed by atoms with Crippen molar-refractivity contribution in [2.45, 2.75) is 38.5 Å². The maximum absolute atomic E-state index is 7.98. The first-order valence-electron chi connectivity index (χ1n) is 22.3. The van der Waals surface area contributed by atoms with Gasteiger partial charge in [0.2, 0.25) is 0 Å². The first-order valence-corrected chi connectivity index (χ1v) is 22.3. The van der Waals surface area contributed by atoms with E-state index in [0.717, 1.165) is 60.8 Å². The minimum absolute atomic E-state index is 0.736. The summed E-state index contributed by atoms with van der Waals surface area (Å²) < 4.78 is 7.98. The first kappa shape index (κ1) is 39.6. The Kier molecular flexibility index (Phi) is 11.7. The van der Waals surface area contributed by atoms with Crippen molar-refractivity contribution >= 4 is 21.5 Å². The lowest BCUT2D eigenvalue weighted by Gasteiger charge is -2.27. The summed E-state index contributed by atoms with van der Waals surface area (Å²) in [5, 5.41) is 4.74. The Morgan fingerprint density at radius 3 is 0.667 bits per heavy atom. The highest BCUT2D eigenvalue weighted by Gasteiger charge is 2.26. The normalized spacial score (nSPS) is 11.2. The lowest BCUT2D eigenvalue weighted by molar-refractivity contribution is 0.481. The zero-order valence-corrected chi connectivity index (χ0v) is 35.6. The second kappa shape index (κ2) is 18.6. The Morgan fingerprint density at radius 1 is 0.190 bits per heavy atom. The summed E-state index contributed by atoms with van der Waals surface area (Å²) in [6.45, 7) is 0. The highest BCUT2D eigenvalue weighted by Crippen LogP contribution is 2.47. The van der Waals surface area contributed by atoms with Crippen molar-refractivity contribution in [1.29, 1.82) is 0 Å². The maximum atomic E-state index is 7.98. The van der Waals surface area contributed by atoms with E-state index in [2.05, 4.69) is 231 Å². The molecule has 0 aromatic heterocycles. The van der Waals surface area contributed by atoms with Crippen molar-refractivity contribution < 1.29 is 4.74 Å². The molecule has 1 heteroatoms. The fraction of sp³-hybridized carbons (Fsp3) is 0.0968. The predicted molar refractivity (Wildman–Crippen MR) is 263 cm³/mol. The monoisotopic (exact) mass is 810 g/mol. The largest absolute Gasteiger partial charge is 0.455 e. The highest BCUT2D eigenvalue weighted by atomic mass is 16.5. The summed E-state index contributed by atoms with van der Waals surface area (Å²) in [4.78, 5) is 0. The summed E-state index contributed by atoms with van der Waals surface area (Å²) in [5.74, 6) is 1.89. The quantitative estimate of drug-likeness (QED) is 0.106. The predicted octanol–water partition coefficient (Wildman–Crippen LogP) is 15.3. The molecule has 10 aromatic rings. The van der Waals surface area contributed by atoms with Crippen LogP contribution in [-0.2, 0) is 38.5 Å². The summed E-state index contributed by atoms with van der Waals surface area (Å²) in [7, 11) is 0. The van der Waals surface area contributed by atoms with E-state index in [9.17, 15) is 0 Å². The molecular formula is C62H50O. The molecule has 0 radical (unpaired) electrons. The molecular weight excluding hydrogens is 761 g/mol. The van der Waals surface area contributed by atoms with Crippen LogP contribution in [0.15, 0.2) is 231 Å². The van der Waals surface area contributed by atoms with Gasteiger partial charge in [-0.25, -0.2) is 0 Å². The minimum atomic E-state index is 0.736. The molecule has 0 unspecified atom stereocenters. The van der Waals surface area contributed by atoms with E-state index in [-0.39, 0.29) is 0 Å². The number of rotatable bonds is 14. The smallest absolute Gasteiger partial charge is 0.139 e. The molecule has 0 fully saturated rings. The molecule has 304 valence electrons. The van der Waals surface area contributed by atoms with Crippen LogP contribution in [-0.4, -0.2) is 0 Å². The van der Waals surface area contributed by atoms with Gasteiger partial charge >= 0.3 is 0 Å². The number of ether oxygens (including phenoxy) is 1. The Labute approximate surface area is 371 Å². The van der Waals surface area contributed by atoms with Crippen molar-refractivity contribution in [2.24, 2.45) is 0 Å². The number of hydrogen-bond acceptors (Lipinski definition) is 1. The van der Waals surface area contributed by atoms with E-state index in [4.69, 9.17) is 4.74 Å². The van der Waals surface area contributed by atoms with Crippen LogP contribution in [0.5, 0.6) is 11.5 Å². The second-order valence-electron chi connectivity index (χ2n) is 16.7. The minimum Gasteiger partial charge on any atom is -0.455 e. The van der Waals surface area contributed by atoms with Gasteiger partial charge in [-0.2, -0.15) is 0 Å². The number of fused-ring (bicyclic) bond motifs is 2. The summed E-state index contributed by atoms with van der Waals surface area (Å²) in [5.41, 5.74) is 15.5. The second-order valence-corrected chi connectivity index (χ2v) is 16.7. The summed E-state index contributed by atoms with van der Waals surface area (Å²) in [6.07, 6.45) is 4.70. The standard InChI is InChI=1S/C62H50O/c1-7-23-45(24-8-1)39-55-51-35-19-21-37-53(51)61(59(43-49-31-15-5-16-32-49)57(55)41-47-27-11-3-12-28-47)63-62-54-38-22-20-36-52(54)56(40-46-25-9-2-10-26-46)58(42-48-29-13-4-14-30-48)60(62)44-50-33-17-6-18-34-50/h1-38H,39-44H2. The zero-order valence-electron chi connectivity index (χ0n) is 35.6. The van der Waals surface area contributed by atoms with Gasteiger partial charge in [-0.05, 0) is 92.1 Å². The van der Waals surface area contributed by atoms with E-state index < -0.39 is 0 Å². The molecule has 63 heavy (non-hydrogen) atoms. The van der Waals surface area contributed by atoms with Crippen molar-refractivity contribution in [1.82, 2.24) is 0 Å². The van der Waals surface area contributed by atoms with Crippen molar-refractivity contribution in [2.75, 3.05) is 0 Å². The Balaban J connectivity index is 1.29. The molecule has 0 aliphatic carbocycles. The van der Waals surface area contributed by atoms with Crippen LogP contribution in [0.1, 0.15) is 66.8 Å².